The average Bonchev–Trinajstić information content (AvgIpc) is 3.07. The minimum absolute atomic E-state index is 0.531. The van der Waals surface area contributed by atoms with Crippen LogP contribution in [0.4, 0.5) is 0 Å². The van der Waals surface area contributed by atoms with Crippen LogP contribution in [0.15, 0.2) is 37.1 Å². The molecule has 0 aliphatic heterocycles. The molecule has 0 amide bonds. The molecule has 3 rings (SSSR count). The Morgan fingerprint density at radius 2 is 2.19 bits per heavy atom. The van der Waals surface area contributed by atoms with Crippen LogP contribution in [0.5, 0.6) is 0 Å². The molecule has 16 heavy (non-hydrogen) atoms. The van der Waals surface area contributed by atoms with Gasteiger partial charge in [0.1, 0.15) is 6.10 Å². The summed E-state index contributed by atoms with van der Waals surface area (Å²) in [5, 5.41) is 10.2. The molecule has 1 aliphatic rings. The van der Waals surface area contributed by atoms with E-state index in [0.717, 1.165) is 11.3 Å². The molecule has 0 saturated heterocycles. The Balaban J connectivity index is 1.94. The van der Waals surface area contributed by atoms with Gasteiger partial charge in [-0.05, 0) is 18.9 Å². The second-order valence-electron chi connectivity index (χ2n) is 4.15. The highest BCUT2D eigenvalue weighted by atomic mass is 16.3. The standard InChI is InChI=1S/C12H13N3O/c16-12(9-2-1-5-13-6-9)11-7-14-8-15(11)10-3-4-10/h1-2,5-8,10,12,16H,3-4H2. The fourth-order valence-corrected chi connectivity index (χ4v) is 1.89. The SMILES string of the molecule is OC(c1cccnc1)c1cncn1C1CC1. The summed E-state index contributed by atoms with van der Waals surface area (Å²) in [5.41, 5.74) is 1.67. The van der Waals surface area contributed by atoms with E-state index in [1.165, 1.54) is 12.8 Å². The molecule has 4 heteroatoms. The molecule has 0 radical (unpaired) electrons. The van der Waals surface area contributed by atoms with Gasteiger partial charge >= 0.3 is 0 Å². The Morgan fingerprint density at radius 1 is 1.31 bits per heavy atom. The molecule has 1 aliphatic carbocycles. The highest BCUT2D eigenvalue weighted by Gasteiger charge is 2.27. The third-order valence-electron chi connectivity index (χ3n) is 2.92. The zero-order valence-electron chi connectivity index (χ0n) is 8.82. The van der Waals surface area contributed by atoms with Crippen LogP contribution in [0.1, 0.15) is 36.2 Å². The van der Waals surface area contributed by atoms with Gasteiger partial charge in [-0.2, -0.15) is 0 Å². The summed E-state index contributed by atoms with van der Waals surface area (Å²) >= 11 is 0. The van der Waals surface area contributed by atoms with Crippen molar-refractivity contribution in [2.75, 3.05) is 0 Å². The molecule has 1 fully saturated rings. The summed E-state index contributed by atoms with van der Waals surface area (Å²) in [6.07, 6.45) is 8.66. The van der Waals surface area contributed by atoms with Gasteiger partial charge in [-0.25, -0.2) is 4.98 Å². The van der Waals surface area contributed by atoms with Crippen molar-refractivity contribution in [1.82, 2.24) is 14.5 Å². The van der Waals surface area contributed by atoms with Crippen LogP contribution in [0.3, 0.4) is 0 Å². The summed E-state index contributed by atoms with van der Waals surface area (Å²) in [5.74, 6) is 0. The van der Waals surface area contributed by atoms with Crippen molar-refractivity contribution < 1.29 is 5.11 Å². The van der Waals surface area contributed by atoms with Crippen LogP contribution in [0.2, 0.25) is 0 Å². The lowest BCUT2D eigenvalue weighted by molar-refractivity contribution is 0.209. The van der Waals surface area contributed by atoms with E-state index < -0.39 is 6.10 Å². The van der Waals surface area contributed by atoms with Gasteiger partial charge in [0.05, 0.1) is 18.2 Å². The van der Waals surface area contributed by atoms with Gasteiger partial charge in [0.15, 0.2) is 0 Å². The number of pyridine rings is 1. The highest BCUT2D eigenvalue weighted by Crippen LogP contribution is 2.37. The lowest BCUT2D eigenvalue weighted by atomic mass is 10.1. The summed E-state index contributed by atoms with van der Waals surface area (Å²) in [4.78, 5) is 8.13. The minimum Gasteiger partial charge on any atom is -0.382 e. The number of hydrogen-bond acceptors (Lipinski definition) is 3. The molecule has 0 bridgehead atoms. The average molecular weight is 215 g/mol. The van der Waals surface area contributed by atoms with E-state index in [-0.39, 0.29) is 0 Å². The molecule has 82 valence electrons. The number of nitrogens with zero attached hydrogens (tertiary/aromatic N) is 3. The maximum absolute atomic E-state index is 10.2. The molecule has 1 saturated carbocycles. The molecule has 2 aromatic heterocycles. The van der Waals surface area contributed by atoms with Gasteiger partial charge in [-0.3, -0.25) is 4.98 Å². The van der Waals surface area contributed by atoms with E-state index >= 15 is 0 Å². The van der Waals surface area contributed by atoms with E-state index in [1.807, 2.05) is 12.1 Å². The maximum atomic E-state index is 10.2. The van der Waals surface area contributed by atoms with E-state index in [2.05, 4.69) is 14.5 Å². The first-order valence-electron chi connectivity index (χ1n) is 5.46. The predicted octanol–water partition coefficient (Wildman–Crippen LogP) is 1.69. The number of aliphatic hydroxyl groups excluding tert-OH is 1. The van der Waals surface area contributed by atoms with Crippen molar-refractivity contribution in [2.24, 2.45) is 0 Å². The van der Waals surface area contributed by atoms with Crippen LogP contribution in [-0.2, 0) is 0 Å². The lowest BCUT2D eigenvalue weighted by Crippen LogP contribution is -2.07. The number of aliphatic hydroxyl groups is 1. The molecule has 2 aromatic rings. The summed E-state index contributed by atoms with van der Waals surface area (Å²) in [7, 11) is 0. The quantitative estimate of drug-likeness (QED) is 0.847. The van der Waals surface area contributed by atoms with E-state index in [0.29, 0.717) is 6.04 Å². The maximum Gasteiger partial charge on any atom is 0.122 e. The van der Waals surface area contributed by atoms with Crippen molar-refractivity contribution in [3.8, 4) is 0 Å². The van der Waals surface area contributed by atoms with Gasteiger partial charge in [-0.15, -0.1) is 0 Å². The van der Waals surface area contributed by atoms with Gasteiger partial charge < -0.3 is 9.67 Å². The van der Waals surface area contributed by atoms with Crippen LogP contribution in [0, 0.1) is 0 Å². The summed E-state index contributed by atoms with van der Waals surface area (Å²) in [6.45, 7) is 0. The summed E-state index contributed by atoms with van der Waals surface area (Å²) in [6, 6.07) is 4.24. The van der Waals surface area contributed by atoms with Crippen LogP contribution < -0.4 is 0 Å². The highest BCUT2D eigenvalue weighted by molar-refractivity contribution is 5.22. The molecular weight excluding hydrogens is 202 g/mol. The van der Waals surface area contributed by atoms with Crippen LogP contribution in [-0.4, -0.2) is 19.6 Å². The fraction of sp³-hybridized carbons (Fsp3) is 0.333. The normalized spacial score (nSPS) is 17.3. The number of hydrogen-bond donors (Lipinski definition) is 1. The van der Waals surface area contributed by atoms with E-state index in [9.17, 15) is 5.11 Å². The van der Waals surface area contributed by atoms with E-state index in [4.69, 9.17) is 0 Å². The van der Waals surface area contributed by atoms with Gasteiger partial charge in [-0.1, -0.05) is 6.07 Å². The molecule has 0 aromatic carbocycles. The van der Waals surface area contributed by atoms with E-state index in [1.54, 1.807) is 24.9 Å². The zero-order valence-corrected chi connectivity index (χ0v) is 8.82. The van der Waals surface area contributed by atoms with Gasteiger partial charge in [0, 0.05) is 24.0 Å². The monoisotopic (exact) mass is 215 g/mol. The third-order valence-corrected chi connectivity index (χ3v) is 2.92. The van der Waals surface area contributed by atoms with Crippen molar-refractivity contribution in [1.29, 1.82) is 0 Å². The zero-order chi connectivity index (χ0) is 11.0. The van der Waals surface area contributed by atoms with Crippen molar-refractivity contribution >= 4 is 0 Å². The van der Waals surface area contributed by atoms with Crippen molar-refractivity contribution in [3.05, 3.63) is 48.3 Å². The first-order chi connectivity index (χ1) is 7.86. The minimum atomic E-state index is -0.628. The number of rotatable bonds is 3. The van der Waals surface area contributed by atoms with Gasteiger partial charge in [0.25, 0.3) is 0 Å². The second-order valence-corrected chi connectivity index (χ2v) is 4.15. The fourth-order valence-electron chi connectivity index (χ4n) is 1.89. The molecule has 1 atom stereocenters. The largest absolute Gasteiger partial charge is 0.382 e. The summed E-state index contributed by atoms with van der Waals surface area (Å²) < 4.78 is 2.07. The Kier molecular flexibility index (Phi) is 2.22. The molecule has 0 spiro atoms. The smallest absolute Gasteiger partial charge is 0.122 e. The Hall–Kier alpha value is -1.68. The molecule has 2 heterocycles. The molecule has 1 N–H and O–H groups in total. The molecule has 1 unspecified atom stereocenters. The second kappa shape index (κ2) is 3.72. The molecule has 4 nitrogen and oxygen atoms in total. The van der Waals surface area contributed by atoms with Gasteiger partial charge in [0.2, 0.25) is 0 Å². The molecular formula is C12H13N3O. The first-order valence-corrected chi connectivity index (χ1v) is 5.46. The third kappa shape index (κ3) is 1.61. The topological polar surface area (TPSA) is 50.9 Å². The number of aromatic nitrogens is 3. The first kappa shape index (κ1) is 9.54. The Bertz CT molecular complexity index is 476. The van der Waals surface area contributed by atoms with Crippen LogP contribution in [0.25, 0.3) is 0 Å². The van der Waals surface area contributed by atoms with Crippen molar-refractivity contribution in [2.45, 2.75) is 25.0 Å². The Morgan fingerprint density at radius 3 is 2.88 bits per heavy atom. The Labute approximate surface area is 93.6 Å². The predicted molar refractivity (Wildman–Crippen MR) is 58.8 cm³/mol. The number of imidazole rings is 1. The van der Waals surface area contributed by atoms with Crippen molar-refractivity contribution in [3.63, 3.8) is 0 Å². The van der Waals surface area contributed by atoms with Crippen LogP contribution >= 0.6 is 0 Å². The lowest BCUT2D eigenvalue weighted by Gasteiger charge is -2.13.